The van der Waals surface area contributed by atoms with Crippen LogP contribution in [0.3, 0.4) is 0 Å². The minimum atomic E-state index is -3.74. The Labute approximate surface area is 157 Å². The SMILES string of the molecule is C#CCNS(=O)(=O)c1ccc(C(=O)OCC(=O)N(C)Cc2ccco2)cc1. The van der Waals surface area contributed by atoms with E-state index in [0.29, 0.717) is 5.76 Å². The van der Waals surface area contributed by atoms with Crippen LogP contribution < -0.4 is 4.72 Å². The molecular formula is C18H18N2O6S. The second-order valence-corrected chi connectivity index (χ2v) is 7.23. The van der Waals surface area contributed by atoms with E-state index in [9.17, 15) is 18.0 Å². The van der Waals surface area contributed by atoms with Gasteiger partial charge < -0.3 is 14.1 Å². The lowest BCUT2D eigenvalue weighted by Crippen LogP contribution is -2.30. The van der Waals surface area contributed by atoms with Crippen LogP contribution in [0.15, 0.2) is 52.0 Å². The summed E-state index contributed by atoms with van der Waals surface area (Å²) in [6, 6.07) is 8.53. The molecule has 0 aliphatic rings. The van der Waals surface area contributed by atoms with Crippen LogP contribution in [0.25, 0.3) is 0 Å². The van der Waals surface area contributed by atoms with Gasteiger partial charge in [0.2, 0.25) is 10.0 Å². The lowest BCUT2D eigenvalue weighted by molar-refractivity contribution is -0.133. The van der Waals surface area contributed by atoms with Crippen molar-refractivity contribution in [3.63, 3.8) is 0 Å². The number of likely N-dealkylation sites (N-methyl/N-ethyl adjacent to an activating group) is 1. The number of esters is 1. The Morgan fingerprint density at radius 1 is 1.26 bits per heavy atom. The van der Waals surface area contributed by atoms with Crippen molar-refractivity contribution in [3.05, 3.63) is 54.0 Å². The summed E-state index contributed by atoms with van der Waals surface area (Å²) in [6.45, 7) is -0.333. The van der Waals surface area contributed by atoms with Crippen molar-refractivity contribution in [2.24, 2.45) is 0 Å². The minimum Gasteiger partial charge on any atom is -0.467 e. The first-order chi connectivity index (χ1) is 12.8. The molecule has 142 valence electrons. The molecule has 2 rings (SSSR count). The van der Waals surface area contributed by atoms with E-state index in [1.54, 1.807) is 19.2 Å². The minimum absolute atomic E-state index is 0.0384. The predicted octanol–water partition coefficient (Wildman–Crippen LogP) is 1.01. The Kier molecular flexibility index (Phi) is 6.76. The van der Waals surface area contributed by atoms with E-state index in [1.165, 1.54) is 35.4 Å². The fourth-order valence-corrected chi connectivity index (χ4v) is 2.97. The molecule has 1 amide bonds. The first-order valence-corrected chi connectivity index (χ1v) is 9.28. The standard InChI is InChI=1S/C18H18N2O6S/c1-3-10-19-27(23,24)16-8-6-14(7-9-16)18(22)26-13-17(21)20(2)12-15-5-4-11-25-15/h1,4-9,11,19H,10,12-13H2,2H3. The van der Waals surface area contributed by atoms with Crippen LogP contribution in [0.5, 0.6) is 0 Å². The molecule has 1 N–H and O–H groups in total. The maximum absolute atomic E-state index is 12.0. The van der Waals surface area contributed by atoms with E-state index in [2.05, 4.69) is 10.6 Å². The monoisotopic (exact) mass is 390 g/mol. The van der Waals surface area contributed by atoms with Gasteiger partial charge in [0, 0.05) is 7.05 Å². The molecule has 0 saturated carbocycles. The molecule has 0 spiro atoms. The van der Waals surface area contributed by atoms with E-state index in [1.807, 2.05) is 0 Å². The van der Waals surface area contributed by atoms with E-state index in [0.717, 1.165) is 0 Å². The molecular weight excluding hydrogens is 372 g/mol. The molecule has 1 aromatic carbocycles. The predicted molar refractivity (Wildman–Crippen MR) is 95.9 cm³/mol. The Bertz CT molecular complexity index is 927. The highest BCUT2D eigenvalue weighted by atomic mass is 32.2. The second-order valence-electron chi connectivity index (χ2n) is 5.46. The zero-order valence-electron chi connectivity index (χ0n) is 14.5. The number of ether oxygens (including phenoxy) is 1. The average molecular weight is 390 g/mol. The Morgan fingerprint density at radius 3 is 2.56 bits per heavy atom. The van der Waals surface area contributed by atoms with Crippen LogP contribution in [0.1, 0.15) is 16.1 Å². The normalized spacial score (nSPS) is 10.8. The Hall–Kier alpha value is -3.09. The van der Waals surface area contributed by atoms with E-state index in [4.69, 9.17) is 15.6 Å². The first kappa shape index (κ1) is 20.2. The number of rotatable bonds is 8. The molecule has 2 aromatic rings. The first-order valence-electron chi connectivity index (χ1n) is 7.80. The van der Waals surface area contributed by atoms with Crippen LogP contribution in [0.4, 0.5) is 0 Å². The number of sulfonamides is 1. The van der Waals surface area contributed by atoms with E-state index >= 15 is 0 Å². The summed E-state index contributed by atoms with van der Waals surface area (Å²) in [5.74, 6) is 1.63. The molecule has 0 atom stereocenters. The largest absolute Gasteiger partial charge is 0.467 e. The highest BCUT2D eigenvalue weighted by molar-refractivity contribution is 7.89. The fraction of sp³-hybridized carbons (Fsp3) is 0.222. The third kappa shape index (κ3) is 5.70. The number of nitrogens with zero attached hydrogens (tertiary/aromatic N) is 1. The smallest absolute Gasteiger partial charge is 0.338 e. The molecule has 0 radical (unpaired) electrons. The number of furan rings is 1. The molecule has 0 saturated heterocycles. The van der Waals surface area contributed by atoms with Crippen LogP contribution in [0.2, 0.25) is 0 Å². The quantitative estimate of drug-likeness (QED) is 0.533. The van der Waals surface area contributed by atoms with Crippen LogP contribution in [-0.2, 0) is 26.1 Å². The van der Waals surface area contributed by atoms with Crippen molar-refractivity contribution in [1.29, 1.82) is 0 Å². The van der Waals surface area contributed by atoms with Crippen molar-refractivity contribution in [2.45, 2.75) is 11.4 Å². The van der Waals surface area contributed by atoms with Crippen LogP contribution in [-0.4, -0.2) is 45.4 Å². The zero-order chi connectivity index (χ0) is 19.9. The number of terminal acetylenes is 1. The zero-order valence-corrected chi connectivity index (χ0v) is 15.4. The summed E-state index contributed by atoms with van der Waals surface area (Å²) < 4.78 is 36.1. The maximum Gasteiger partial charge on any atom is 0.338 e. The topological polar surface area (TPSA) is 106 Å². The van der Waals surface area contributed by atoms with Crippen LogP contribution >= 0.6 is 0 Å². The van der Waals surface area contributed by atoms with Gasteiger partial charge >= 0.3 is 5.97 Å². The van der Waals surface area contributed by atoms with Gasteiger partial charge in [0.15, 0.2) is 6.61 Å². The van der Waals surface area contributed by atoms with E-state index < -0.39 is 28.5 Å². The Balaban J connectivity index is 1.90. The lowest BCUT2D eigenvalue weighted by atomic mass is 10.2. The van der Waals surface area contributed by atoms with Crippen molar-refractivity contribution in [2.75, 3.05) is 20.2 Å². The van der Waals surface area contributed by atoms with Gasteiger partial charge in [-0.05, 0) is 36.4 Å². The number of hydrogen-bond acceptors (Lipinski definition) is 6. The molecule has 1 heterocycles. The summed E-state index contributed by atoms with van der Waals surface area (Å²) in [5, 5.41) is 0. The van der Waals surface area contributed by atoms with Gasteiger partial charge in [-0.15, -0.1) is 6.42 Å². The number of amides is 1. The van der Waals surface area contributed by atoms with Gasteiger partial charge in [-0.2, -0.15) is 4.72 Å². The van der Waals surface area contributed by atoms with Crippen LogP contribution in [0, 0.1) is 12.3 Å². The highest BCUT2D eigenvalue weighted by Crippen LogP contribution is 2.11. The number of hydrogen-bond donors (Lipinski definition) is 1. The number of carbonyl (C=O) groups is 2. The summed E-state index contributed by atoms with van der Waals surface area (Å²) in [7, 11) is -2.18. The van der Waals surface area contributed by atoms with Gasteiger partial charge in [0.1, 0.15) is 5.76 Å². The molecule has 8 nitrogen and oxygen atoms in total. The highest BCUT2D eigenvalue weighted by Gasteiger charge is 2.17. The van der Waals surface area contributed by atoms with Gasteiger partial charge in [-0.25, -0.2) is 13.2 Å². The molecule has 9 heteroatoms. The summed E-state index contributed by atoms with van der Waals surface area (Å²) in [6.07, 6.45) is 6.52. The molecule has 0 fully saturated rings. The third-order valence-electron chi connectivity index (χ3n) is 3.49. The van der Waals surface area contributed by atoms with Gasteiger partial charge in [-0.1, -0.05) is 5.92 Å². The summed E-state index contributed by atoms with van der Waals surface area (Å²) in [5.41, 5.74) is 0.118. The maximum atomic E-state index is 12.0. The molecule has 0 aliphatic heterocycles. The van der Waals surface area contributed by atoms with Gasteiger partial charge in [0.05, 0.1) is 29.8 Å². The number of nitrogens with one attached hydrogen (secondary N) is 1. The van der Waals surface area contributed by atoms with Crippen molar-refractivity contribution >= 4 is 21.9 Å². The van der Waals surface area contributed by atoms with Gasteiger partial charge in [0.25, 0.3) is 5.91 Å². The molecule has 0 aliphatic carbocycles. The summed E-state index contributed by atoms with van der Waals surface area (Å²) in [4.78, 5) is 25.3. The lowest BCUT2D eigenvalue weighted by Gasteiger charge is -2.15. The van der Waals surface area contributed by atoms with Gasteiger partial charge in [-0.3, -0.25) is 4.79 Å². The number of carbonyl (C=O) groups excluding carboxylic acids is 2. The molecule has 1 aromatic heterocycles. The molecule has 0 bridgehead atoms. The fourth-order valence-electron chi connectivity index (χ4n) is 2.04. The summed E-state index contributed by atoms with van der Waals surface area (Å²) >= 11 is 0. The van der Waals surface area contributed by atoms with E-state index in [-0.39, 0.29) is 23.5 Å². The molecule has 27 heavy (non-hydrogen) atoms. The second kappa shape index (κ2) is 9.02. The number of benzene rings is 1. The van der Waals surface area contributed by atoms with Crippen molar-refractivity contribution < 1.29 is 27.2 Å². The third-order valence-corrected chi connectivity index (χ3v) is 4.91. The average Bonchev–Trinajstić information content (AvgIpc) is 3.17. The Morgan fingerprint density at radius 2 is 1.96 bits per heavy atom. The molecule has 0 unspecified atom stereocenters. The van der Waals surface area contributed by atoms with Crippen molar-refractivity contribution in [1.82, 2.24) is 9.62 Å². The van der Waals surface area contributed by atoms with Crippen molar-refractivity contribution in [3.8, 4) is 12.3 Å².